The second-order valence-electron chi connectivity index (χ2n) is 5.25. The maximum absolute atomic E-state index is 12.7. The first kappa shape index (κ1) is 17.3. The number of nitrogen functional groups attached to an aromatic ring is 1. The fraction of sp³-hybridized carbons (Fsp3) is 0.133. The number of nitrogens with one attached hydrogen (secondary N) is 2. The number of anilines is 1. The third kappa shape index (κ3) is 3.45. The summed E-state index contributed by atoms with van der Waals surface area (Å²) in [7, 11) is 0. The van der Waals surface area contributed by atoms with E-state index < -0.39 is 23.5 Å². The highest BCUT2D eigenvalue weighted by atomic mass is 19.4. The summed E-state index contributed by atoms with van der Waals surface area (Å²) in [6, 6.07) is 4.34. The van der Waals surface area contributed by atoms with Crippen molar-refractivity contribution in [1.29, 1.82) is 0 Å². The first-order chi connectivity index (χ1) is 12.3. The molecule has 0 radical (unpaired) electrons. The molecule has 0 saturated heterocycles. The molecule has 3 aromatic rings. The van der Waals surface area contributed by atoms with Crippen LogP contribution in [0.3, 0.4) is 0 Å². The summed E-state index contributed by atoms with van der Waals surface area (Å²) in [6.07, 6.45) is -2.12. The first-order valence-electron chi connectivity index (χ1n) is 7.20. The minimum atomic E-state index is -4.79. The Labute approximate surface area is 143 Å². The fourth-order valence-corrected chi connectivity index (χ4v) is 2.18. The monoisotopic (exact) mass is 364 g/mol. The molecular weight excluding hydrogens is 353 g/mol. The van der Waals surface area contributed by atoms with Crippen molar-refractivity contribution < 1.29 is 18.0 Å². The molecule has 3 heterocycles. The summed E-state index contributed by atoms with van der Waals surface area (Å²) in [5.74, 6) is -1.85. The van der Waals surface area contributed by atoms with Gasteiger partial charge in [-0.25, -0.2) is 15.0 Å². The number of aromatic amines is 1. The highest BCUT2D eigenvalue weighted by Crippen LogP contribution is 2.25. The van der Waals surface area contributed by atoms with Crippen LogP contribution in [-0.2, 0) is 12.7 Å². The Morgan fingerprint density at radius 3 is 2.77 bits per heavy atom. The van der Waals surface area contributed by atoms with Crippen molar-refractivity contribution in [2.45, 2.75) is 12.7 Å². The molecule has 0 atom stereocenters. The summed E-state index contributed by atoms with van der Waals surface area (Å²) >= 11 is 0. The van der Waals surface area contributed by atoms with Gasteiger partial charge >= 0.3 is 6.18 Å². The van der Waals surface area contributed by atoms with Gasteiger partial charge in [0.2, 0.25) is 5.82 Å². The van der Waals surface area contributed by atoms with E-state index in [1.807, 2.05) is 0 Å². The molecule has 0 saturated carbocycles. The molecular formula is C15H11F3N6O2. The van der Waals surface area contributed by atoms with Crippen LogP contribution in [0, 0.1) is 0 Å². The number of amides is 1. The van der Waals surface area contributed by atoms with Gasteiger partial charge in [0.1, 0.15) is 5.82 Å². The lowest BCUT2D eigenvalue weighted by atomic mass is 10.2. The van der Waals surface area contributed by atoms with Crippen molar-refractivity contribution in [3.63, 3.8) is 0 Å². The van der Waals surface area contributed by atoms with Gasteiger partial charge in [0.15, 0.2) is 5.65 Å². The smallest absolute Gasteiger partial charge is 0.383 e. The highest BCUT2D eigenvalue weighted by molar-refractivity contribution is 5.98. The lowest BCUT2D eigenvalue weighted by Gasteiger charge is -2.08. The zero-order valence-corrected chi connectivity index (χ0v) is 13.0. The molecule has 0 spiro atoms. The van der Waals surface area contributed by atoms with Crippen LogP contribution in [0.25, 0.3) is 11.0 Å². The van der Waals surface area contributed by atoms with E-state index in [9.17, 15) is 22.8 Å². The molecule has 1 amide bonds. The van der Waals surface area contributed by atoms with Gasteiger partial charge in [-0.05, 0) is 23.8 Å². The second-order valence-corrected chi connectivity index (χ2v) is 5.25. The summed E-state index contributed by atoms with van der Waals surface area (Å²) in [6.45, 7) is -0.0173. The van der Waals surface area contributed by atoms with Crippen LogP contribution in [0.15, 0.2) is 35.4 Å². The highest BCUT2D eigenvalue weighted by Gasteiger charge is 2.34. The van der Waals surface area contributed by atoms with Gasteiger partial charge in [-0.2, -0.15) is 13.2 Å². The minimum Gasteiger partial charge on any atom is -0.383 e. The zero-order chi connectivity index (χ0) is 18.9. The number of hydrogen-bond donors (Lipinski definition) is 3. The third-order valence-electron chi connectivity index (χ3n) is 3.42. The molecule has 3 rings (SSSR count). The average molecular weight is 364 g/mol. The lowest BCUT2D eigenvalue weighted by molar-refractivity contribution is -0.144. The molecule has 0 aliphatic heterocycles. The third-order valence-corrected chi connectivity index (χ3v) is 3.42. The number of rotatable bonds is 3. The quantitative estimate of drug-likeness (QED) is 0.642. The number of H-pyrrole nitrogens is 1. The van der Waals surface area contributed by atoms with E-state index in [0.29, 0.717) is 5.56 Å². The number of nitrogens with two attached hydrogens (primary N) is 1. The van der Waals surface area contributed by atoms with E-state index in [2.05, 4.69) is 20.3 Å². The van der Waals surface area contributed by atoms with Gasteiger partial charge in [-0.1, -0.05) is 0 Å². The minimum absolute atomic E-state index is 0.0173. The van der Waals surface area contributed by atoms with E-state index in [1.54, 1.807) is 11.1 Å². The van der Waals surface area contributed by atoms with Crippen molar-refractivity contribution in [1.82, 2.24) is 25.3 Å². The van der Waals surface area contributed by atoms with Crippen LogP contribution >= 0.6 is 0 Å². The number of aromatic nitrogens is 4. The molecule has 0 fully saturated rings. The van der Waals surface area contributed by atoms with Crippen LogP contribution in [-0.4, -0.2) is 25.8 Å². The summed E-state index contributed by atoms with van der Waals surface area (Å²) < 4.78 is 38.0. The lowest BCUT2D eigenvalue weighted by Crippen LogP contribution is -2.24. The number of alkyl halides is 3. The van der Waals surface area contributed by atoms with Gasteiger partial charge in [0.05, 0.1) is 10.9 Å². The Hall–Kier alpha value is -3.50. The van der Waals surface area contributed by atoms with Crippen molar-refractivity contribution in [2.75, 3.05) is 5.73 Å². The number of fused-ring (bicyclic) bond motifs is 1. The summed E-state index contributed by atoms with van der Waals surface area (Å²) in [5, 5.41) is 2.44. The second kappa shape index (κ2) is 6.43. The molecule has 11 heteroatoms. The normalized spacial score (nSPS) is 11.5. The molecule has 26 heavy (non-hydrogen) atoms. The van der Waals surface area contributed by atoms with E-state index in [1.165, 1.54) is 24.5 Å². The Morgan fingerprint density at radius 1 is 1.31 bits per heavy atom. The van der Waals surface area contributed by atoms with Gasteiger partial charge in [0, 0.05) is 18.9 Å². The largest absolute Gasteiger partial charge is 0.449 e. The van der Waals surface area contributed by atoms with E-state index in [-0.39, 0.29) is 29.0 Å². The predicted molar refractivity (Wildman–Crippen MR) is 85.0 cm³/mol. The van der Waals surface area contributed by atoms with Crippen molar-refractivity contribution in [2.24, 2.45) is 0 Å². The SMILES string of the molecule is Nc1ncccc1C(=O)NCc1cnc2nc(C(F)(F)F)[nH]c(=O)c2c1. The Bertz CT molecular complexity index is 1050. The molecule has 0 aromatic carbocycles. The van der Waals surface area contributed by atoms with Crippen LogP contribution in [0.2, 0.25) is 0 Å². The Morgan fingerprint density at radius 2 is 2.08 bits per heavy atom. The first-order valence-corrected chi connectivity index (χ1v) is 7.20. The van der Waals surface area contributed by atoms with E-state index in [4.69, 9.17) is 5.73 Å². The molecule has 4 N–H and O–H groups in total. The Kier molecular flexibility index (Phi) is 4.28. The van der Waals surface area contributed by atoms with Crippen molar-refractivity contribution in [3.8, 4) is 0 Å². The topological polar surface area (TPSA) is 127 Å². The van der Waals surface area contributed by atoms with Gasteiger partial charge in [-0.15, -0.1) is 0 Å². The standard InChI is InChI=1S/C15H11F3N6O2/c16-15(17,18)14-23-11-9(13(26)24-14)4-7(5-21-11)6-22-12(25)8-2-1-3-20-10(8)19/h1-5H,6H2,(H2,19,20)(H,22,25)(H,21,23,24,26). The molecule has 0 aliphatic carbocycles. The Balaban J connectivity index is 1.84. The molecule has 0 aliphatic rings. The molecule has 0 unspecified atom stereocenters. The maximum Gasteiger partial charge on any atom is 0.449 e. The average Bonchev–Trinajstić information content (AvgIpc) is 2.59. The fourth-order valence-electron chi connectivity index (χ4n) is 2.18. The van der Waals surface area contributed by atoms with Crippen LogP contribution in [0.4, 0.5) is 19.0 Å². The molecule has 8 nitrogen and oxygen atoms in total. The molecule has 134 valence electrons. The number of halogens is 3. The van der Waals surface area contributed by atoms with Gasteiger partial charge in [-0.3, -0.25) is 9.59 Å². The molecule has 3 aromatic heterocycles. The van der Waals surface area contributed by atoms with E-state index >= 15 is 0 Å². The maximum atomic E-state index is 12.7. The van der Waals surface area contributed by atoms with Crippen LogP contribution < -0.4 is 16.6 Å². The number of carbonyl (C=O) groups excluding carboxylic acids is 1. The van der Waals surface area contributed by atoms with Crippen molar-refractivity contribution >= 4 is 22.8 Å². The number of hydrogen-bond acceptors (Lipinski definition) is 6. The number of carbonyl (C=O) groups is 1. The zero-order valence-electron chi connectivity index (χ0n) is 13.0. The molecule has 0 bridgehead atoms. The van der Waals surface area contributed by atoms with Gasteiger partial charge in [0.25, 0.3) is 11.5 Å². The number of nitrogens with zero attached hydrogens (tertiary/aromatic N) is 3. The summed E-state index contributed by atoms with van der Waals surface area (Å²) in [5.41, 5.74) is 4.87. The predicted octanol–water partition coefficient (Wildman–Crippen LogP) is 1.24. The summed E-state index contributed by atoms with van der Waals surface area (Å²) in [4.78, 5) is 36.5. The van der Waals surface area contributed by atoms with Crippen LogP contribution in [0.5, 0.6) is 0 Å². The van der Waals surface area contributed by atoms with Crippen LogP contribution in [0.1, 0.15) is 21.7 Å². The van der Waals surface area contributed by atoms with Crippen molar-refractivity contribution in [3.05, 3.63) is 57.9 Å². The van der Waals surface area contributed by atoms with Gasteiger partial charge < -0.3 is 16.0 Å². The number of pyridine rings is 2. The van der Waals surface area contributed by atoms with E-state index in [0.717, 1.165) is 0 Å².